The van der Waals surface area contributed by atoms with Gasteiger partial charge in [0.1, 0.15) is 18.1 Å². The van der Waals surface area contributed by atoms with Crippen molar-refractivity contribution in [1.82, 2.24) is 26.2 Å². The van der Waals surface area contributed by atoms with Crippen molar-refractivity contribution in [3.8, 4) is 0 Å². The number of carbonyl (C=O) groups excluding carboxylic acids is 7. The van der Waals surface area contributed by atoms with Crippen molar-refractivity contribution >= 4 is 41.4 Å². The molecule has 4 atom stereocenters. The summed E-state index contributed by atoms with van der Waals surface area (Å²) in [5.41, 5.74) is 5.50. The molecule has 0 bridgehead atoms. The molecule has 46 heavy (non-hydrogen) atoms. The maximum atomic E-state index is 13.5. The lowest BCUT2D eigenvalue weighted by Gasteiger charge is -2.31. The number of nitrogens with two attached hydrogens (primary N) is 1. The molecule has 1 unspecified atom stereocenters. The molecule has 0 aromatic rings. The minimum Gasteiger partial charge on any atom is -0.449 e. The predicted molar refractivity (Wildman–Crippen MR) is 170 cm³/mol. The van der Waals surface area contributed by atoms with Gasteiger partial charge in [-0.2, -0.15) is 0 Å². The zero-order valence-electron chi connectivity index (χ0n) is 28.0. The van der Waals surface area contributed by atoms with Crippen LogP contribution in [0.5, 0.6) is 0 Å². The number of alkyl carbamates (subject to hydrolysis) is 1. The van der Waals surface area contributed by atoms with Gasteiger partial charge in [-0.1, -0.05) is 73.1 Å². The largest absolute Gasteiger partial charge is 0.449 e. The highest BCUT2D eigenvalue weighted by Gasteiger charge is 2.40. The highest BCUT2D eigenvalue weighted by Crippen LogP contribution is 2.27. The van der Waals surface area contributed by atoms with Crippen LogP contribution in [0.4, 0.5) is 4.79 Å². The maximum Gasteiger partial charge on any atom is 0.407 e. The summed E-state index contributed by atoms with van der Waals surface area (Å²) in [6.07, 6.45) is 6.43. The average molecular weight is 651 g/mol. The van der Waals surface area contributed by atoms with Gasteiger partial charge in [0.05, 0.1) is 19.2 Å². The molecular formula is C32H54N6O8. The van der Waals surface area contributed by atoms with Crippen LogP contribution in [0, 0.1) is 17.8 Å². The van der Waals surface area contributed by atoms with Crippen LogP contribution in [-0.4, -0.2) is 90.2 Å². The van der Waals surface area contributed by atoms with Gasteiger partial charge in [0, 0.05) is 6.54 Å². The summed E-state index contributed by atoms with van der Waals surface area (Å²) in [4.78, 5) is 90.8. The average Bonchev–Trinajstić information content (AvgIpc) is 3.51. The second kappa shape index (κ2) is 19.1. The van der Waals surface area contributed by atoms with E-state index in [1.165, 1.54) is 4.90 Å². The number of hydrogen-bond donors (Lipinski definition) is 5. The summed E-state index contributed by atoms with van der Waals surface area (Å²) in [5.74, 6) is -4.20. The smallest absolute Gasteiger partial charge is 0.407 e. The molecule has 6 N–H and O–H groups in total. The van der Waals surface area contributed by atoms with E-state index in [4.69, 9.17) is 10.5 Å². The first-order valence-corrected chi connectivity index (χ1v) is 16.7. The van der Waals surface area contributed by atoms with Gasteiger partial charge < -0.3 is 36.6 Å². The van der Waals surface area contributed by atoms with Gasteiger partial charge in [-0.3, -0.25) is 28.8 Å². The molecule has 0 radical (unpaired) electrons. The molecule has 1 aliphatic heterocycles. The molecule has 1 heterocycles. The lowest BCUT2D eigenvalue weighted by Crippen LogP contribution is -2.57. The Hall–Kier alpha value is -3.71. The van der Waals surface area contributed by atoms with E-state index in [-0.39, 0.29) is 37.3 Å². The third kappa shape index (κ3) is 12.2. The number of Topliss-reactive ketones (excluding diaryl/α,β-unsaturated/α-hetero) is 1. The number of hydrogen-bond acceptors (Lipinski definition) is 8. The van der Waals surface area contributed by atoms with Crippen LogP contribution in [0.15, 0.2) is 0 Å². The Balaban J connectivity index is 1.98. The number of nitrogens with zero attached hydrogens (tertiary/aromatic N) is 1. The molecular weight excluding hydrogens is 596 g/mol. The Bertz CT molecular complexity index is 1090. The number of nitrogens with one attached hydrogen (secondary N) is 4. The number of carbonyl (C=O) groups is 7. The van der Waals surface area contributed by atoms with Gasteiger partial charge in [-0.15, -0.1) is 0 Å². The third-order valence-electron chi connectivity index (χ3n) is 8.41. The third-order valence-corrected chi connectivity index (χ3v) is 8.41. The van der Waals surface area contributed by atoms with E-state index in [1.54, 1.807) is 20.8 Å². The van der Waals surface area contributed by atoms with Crippen LogP contribution in [-0.2, 0) is 33.5 Å². The summed E-state index contributed by atoms with van der Waals surface area (Å²) in [5, 5.41) is 10.1. The van der Waals surface area contributed by atoms with Crippen molar-refractivity contribution in [2.24, 2.45) is 23.5 Å². The van der Waals surface area contributed by atoms with Gasteiger partial charge in [-0.25, -0.2) is 4.79 Å². The predicted octanol–water partition coefficient (Wildman–Crippen LogP) is 1.29. The summed E-state index contributed by atoms with van der Waals surface area (Å²) < 4.78 is 5.17. The summed E-state index contributed by atoms with van der Waals surface area (Å²) in [7, 11) is 0. The molecule has 14 heteroatoms. The monoisotopic (exact) mass is 650 g/mol. The van der Waals surface area contributed by atoms with E-state index in [0.29, 0.717) is 25.7 Å². The molecule has 0 aromatic heterocycles. The fourth-order valence-electron chi connectivity index (χ4n) is 5.89. The minimum absolute atomic E-state index is 0.119. The molecule has 2 aliphatic rings. The molecule has 1 saturated carbocycles. The minimum atomic E-state index is -1.17. The highest BCUT2D eigenvalue weighted by molar-refractivity contribution is 6.38. The second-order valence-electron chi connectivity index (χ2n) is 13.2. The Kier molecular flexibility index (Phi) is 15.9. The first-order valence-electron chi connectivity index (χ1n) is 16.7. The van der Waals surface area contributed by atoms with Gasteiger partial charge in [0.25, 0.3) is 5.91 Å². The number of rotatable bonds is 17. The van der Waals surface area contributed by atoms with E-state index in [2.05, 4.69) is 21.3 Å². The van der Waals surface area contributed by atoms with Crippen molar-refractivity contribution in [2.45, 2.75) is 123 Å². The molecule has 260 valence electrons. The van der Waals surface area contributed by atoms with E-state index in [9.17, 15) is 33.6 Å². The Morgan fingerprint density at radius 2 is 1.54 bits per heavy atom. The molecule has 14 nitrogen and oxygen atoms in total. The zero-order valence-corrected chi connectivity index (χ0v) is 28.0. The van der Waals surface area contributed by atoms with Crippen molar-refractivity contribution in [2.75, 3.05) is 19.7 Å². The normalized spacial score (nSPS) is 18.8. The highest BCUT2D eigenvalue weighted by atomic mass is 16.5. The standard InChI is InChI=1S/C32H54N6O8/c1-6-11-22(27(40)30(43)34-17-25(39)35-23(28(33)41)16-21-12-8-7-9-13-21)36-29(42)24-14-10-15-38(24)31(44)26(20(4)5)37-32(45)46-18-19(2)3/h19-24,26H,6-18H2,1-5H3,(H2,33,41)(H,34,43)(H,35,39)(H,36,42)(H,37,45)/t22?,23-,24-,26-/m0/s1. The first-order chi connectivity index (χ1) is 21.7. The van der Waals surface area contributed by atoms with Crippen LogP contribution in [0.2, 0.25) is 0 Å². The number of primary amides is 1. The van der Waals surface area contributed by atoms with Gasteiger partial charge in [-0.05, 0) is 43.4 Å². The maximum absolute atomic E-state index is 13.5. The van der Waals surface area contributed by atoms with Crippen LogP contribution < -0.4 is 27.0 Å². The van der Waals surface area contributed by atoms with Gasteiger partial charge >= 0.3 is 6.09 Å². The molecule has 1 saturated heterocycles. The summed E-state index contributed by atoms with van der Waals surface area (Å²) in [6.45, 7) is 9.06. The quantitative estimate of drug-likeness (QED) is 0.145. The number of ether oxygens (including phenoxy) is 1. The molecule has 0 spiro atoms. The van der Waals surface area contributed by atoms with Crippen molar-refractivity contribution in [3.63, 3.8) is 0 Å². The van der Waals surface area contributed by atoms with Crippen LogP contribution in [0.1, 0.15) is 98.8 Å². The molecule has 1 aliphatic carbocycles. The number of ketones is 1. The SMILES string of the molecule is CCCC(NC(=O)[C@@H]1CCCN1C(=O)[C@@H](NC(=O)OCC(C)C)C(C)C)C(=O)C(=O)NCC(=O)N[C@@H](CC1CCCCC1)C(N)=O. The molecule has 2 rings (SSSR count). The molecule has 2 fully saturated rings. The Morgan fingerprint density at radius 3 is 2.13 bits per heavy atom. The van der Waals surface area contributed by atoms with Crippen LogP contribution >= 0.6 is 0 Å². The van der Waals surface area contributed by atoms with Crippen molar-refractivity contribution < 1.29 is 38.3 Å². The van der Waals surface area contributed by atoms with Crippen molar-refractivity contribution in [1.29, 1.82) is 0 Å². The Morgan fingerprint density at radius 1 is 0.870 bits per heavy atom. The van der Waals surface area contributed by atoms with Crippen molar-refractivity contribution in [3.05, 3.63) is 0 Å². The molecule has 0 aromatic carbocycles. The van der Waals surface area contributed by atoms with E-state index >= 15 is 0 Å². The molecule has 6 amide bonds. The van der Waals surface area contributed by atoms with Gasteiger partial charge in [0.15, 0.2) is 0 Å². The van der Waals surface area contributed by atoms with E-state index < -0.39 is 72.1 Å². The fourth-order valence-corrected chi connectivity index (χ4v) is 5.89. The lowest BCUT2D eigenvalue weighted by atomic mass is 9.84. The number of amides is 6. The Labute approximate surface area is 272 Å². The van der Waals surface area contributed by atoms with E-state index in [0.717, 1.165) is 32.1 Å². The summed E-state index contributed by atoms with van der Waals surface area (Å²) in [6, 6.07) is -3.86. The second-order valence-corrected chi connectivity index (χ2v) is 13.2. The van der Waals surface area contributed by atoms with Crippen LogP contribution in [0.25, 0.3) is 0 Å². The first kappa shape index (κ1) is 38.5. The van der Waals surface area contributed by atoms with E-state index in [1.807, 2.05) is 13.8 Å². The topological polar surface area (TPSA) is 206 Å². The zero-order chi connectivity index (χ0) is 34.4. The summed E-state index contributed by atoms with van der Waals surface area (Å²) >= 11 is 0. The van der Waals surface area contributed by atoms with Gasteiger partial charge in [0.2, 0.25) is 29.4 Å². The number of likely N-dealkylation sites (tertiary alicyclic amines) is 1. The fraction of sp³-hybridized carbons (Fsp3) is 0.781. The lowest BCUT2D eigenvalue weighted by molar-refractivity contribution is -0.143. The van der Waals surface area contributed by atoms with Crippen LogP contribution in [0.3, 0.4) is 0 Å².